The topological polar surface area (TPSA) is 71.3 Å². The zero-order chi connectivity index (χ0) is 15.7. The number of hydrogen-bond acceptors (Lipinski definition) is 4. The third kappa shape index (κ3) is 5.33. The quantitative estimate of drug-likeness (QED) is 0.805. The van der Waals surface area contributed by atoms with Gasteiger partial charge in [0.05, 0.1) is 13.0 Å². The van der Waals surface area contributed by atoms with Crippen LogP contribution in [0.5, 0.6) is 0 Å². The van der Waals surface area contributed by atoms with Crippen LogP contribution in [0, 0.1) is 0 Å². The first-order valence-corrected chi connectivity index (χ1v) is 8.05. The van der Waals surface area contributed by atoms with Gasteiger partial charge in [0.1, 0.15) is 5.76 Å². The molecular formula is C12H17F3N2O3S. The van der Waals surface area contributed by atoms with Gasteiger partial charge in [0.25, 0.3) is 10.0 Å². The number of furan rings is 1. The van der Waals surface area contributed by atoms with Crippen molar-refractivity contribution in [2.75, 3.05) is 0 Å². The lowest BCUT2D eigenvalue weighted by atomic mass is 10.2. The van der Waals surface area contributed by atoms with Crippen LogP contribution >= 0.6 is 0 Å². The van der Waals surface area contributed by atoms with E-state index in [1.807, 2.05) is 4.72 Å². The molecule has 1 unspecified atom stereocenters. The molecule has 0 radical (unpaired) electrons. The van der Waals surface area contributed by atoms with E-state index in [1.54, 1.807) is 0 Å². The summed E-state index contributed by atoms with van der Waals surface area (Å²) in [5, 5.41) is 2.78. The standard InChI is InChI=1S/C12H17F3N2O3S/c1-8(6-12(13,14)15)17-21(18,19)11-5-4-10(20-11)7-16-9-2-3-9/h4-5,8-9,16-17H,2-3,6-7H2,1H3. The van der Waals surface area contributed by atoms with Gasteiger partial charge >= 0.3 is 6.18 Å². The Hall–Kier alpha value is -1.06. The number of alkyl halides is 3. The van der Waals surface area contributed by atoms with Crippen LogP contribution in [0.3, 0.4) is 0 Å². The molecule has 1 aromatic rings. The summed E-state index contributed by atoms with van der Waals surface area (Å²) in [5.74, 6) is 0.436. The zero-order valence-corrected chi connectivity index (χ0v) is 12.2. The molecule has 0 saturated heterocycles. The molecule has 1 aromatic heterocycles. The summed E-state index contributed by atoms with van der Waals surface area (Å²) in [4.78, 5) is 0. The Morgan fingerprint density at radius 3 is 2.62 bits per heavy atom. The van der Waals surface area contributed by atoms with E-state index in [4.69, 9.17) is 4.42 Å². The normalized spacial score (nSPS) is 17.9. The monoisotopic (exact) mass is 326 g/mol. The average molecular weight is 326 g/mol. The molecule has 2 rings (SSSR count). The maximum atomic E-state index is 12.2. The van der Waals surface area contributed by atoms with Gasteiger partial charge in [-0.3, -0.25) is 0 Å². The molecule has 1 aliphatic carbocycles. The molecule has 5 nitrogen and oxygen atoms in total. The lowest BCUT2D eigenvalue weighted by Gasteiger charge is -2.14. The van der Waals surface area contributed by atoms with Gasteiger partial charge < -0.3 is 9.73 Å². The number of halogens is 3. The highest BCUT2D eigenvalue weighted by atomic mass is 32.2. The molecule has 2 N–H and O–H groups in total. The second kappa shape index (κ2) is 5.98. The fraction of sp³-hybridized carbons (Fsp3) is 0.667. The Kier molecular flexibility index (Phi) is 4.64. The summed E-state index contributed by atoms with van der Waals surface area (Å²) in [6, 6.07) is 1.93. The summed E-state index contributed by atoms with van der Waals surface area (Å²) < 4.78 is 67.5. The van der Waals surface area contributed by atoms with E-state index in [9.17, 15) is 21.6 Å². The van der Waals surface area contributed by atoms with Gasteiger partial charge in [0.2, 0.25) is 5.09 Å². The number of rotatable bonds is 7. The average Bonchev–Trinajstić information content (AvgIpc) is 2.99. The van der Waals surface area contributed by atoms with Crippen LogP contribution in [0.15, 0.2) is 21.6 Å². The molecule has 1 saturated carbocycles. The molecule has 0 aromatic carbocycles. The molecule has 1 fully saturated rings. The van der Waals surface area contributed by atoms with Crippen LogP contribution < -0.4 is 10.0 Å². The van der Waals surface area contributed by atoms with E-state index in [-0.39, 0.29) is 5.09 Å². The molecule has 0 bridgehead atoms. The number of sulfonamides is 1. The fourth-order valence-corrected chi connectivity index (χ4v) is 3.03. The smallest absolute Gasteiger partial charge is 0.390 e. The minimum Gasteiger partial charge on any atom is -0.447 e. The predicted molar refractivity (Wildman–Crippen MR) is 69.0 cm³/mol. The van der Waals surface area contributed by atoms with E-state index < -0.39 is 28.7 Å². The first kappa shape index (κ1) is 16.3. The molecule has 0 amide bonds. The highest BCUT2D eigenvalue weighted by molar-refractivity contribution is 7.89. The zero-order valence-electron chi connectivity index (χ0n) is 11.4. The van der Waals surface area contributed by atoms with Crippen LogP contribution in [0.25, 0.3) is 0 Å². The lowest BCUT2D eigenvalue weighted by molar-refractivity contribution is -0.137. The second-order valence-corrected chi connectivity index (χ2v) is 6.86. The van der Waals surface area contributed by atoms with Crippen molar-refractivity contribution in [3.63, 3.8) is 0 Å². The summed E-state index contributed by atoms with van der Waals surface area (Å²) in [6.45, 7) is 1.56. The molecule has 1 aliphatic rings. The van der Waals surface area contributed by atoms with Crippen LogP contribution in [0.1, 0.15) is 31.9 Å². The molecule has 120 valence electrons. The van der Waals surface area contributed by atoms with E-state index in [1.165, 1.54) is 12.1 Å². The largest absolute Gasteiger partial charge is 0.447 e. The van der Waals surface area contributed by atoms with Crippen molar-refractivity contribution < 1.29 is 26.0 Å². The highest BCUT2D eigenvalue weighted by Gasteiger charge is 2.32. The number of nitrogens with one attached hydrogen (secondary N) is 2. The van der Waals surface area contributed by atoms with E-state index >= 15 is 0 Å². The summed E-state index contributed by atoms with van der Waals surface area (Å²) in [6.07, 6.45) is -3.49. The summed E-state index contributed by atoms with van der Waals surface area (Å²) >= 11 is 0. The van der Waals surface area contributed by atoms with E-state index in [0.29, 0.717) is 18.3 Å². The Balaban J connectivity index is 1.94. The van der Waals surface area contributed by atoms with Crippen molar-refractivity contribution in [3.8, 4) is 0 Å². The minimum absolute atomic E-state index is 0.371. The van der Waals surface area contributed by atoms with Gasteiger partial charge in [-0.15, -0.1) is 0 Å². The molecule has 0 aliphatic heterocycles. The summed E-state index contributed by atoms with van der Waals surface area (Å²) in [7, 11) is -4.08. The van der Waals surface area contributed by atoms with Crippen LogP contribution in [-0.2, 0) is 16.6 Å². The van der Waals surface area contributed by atoms with E-state index in [0.717, 1.165) is 19.8 Å². The highest BCUT2D eigenvalue weighted by Crippen LogP contribution is 2.23. The second-order valence-electron chi connectivity index (χ2n) is 5.22. The Morgan fingerprint density at radius 1 is 1.38 bits per heavy atom. The number of hydrogen-bond donors (Lipinski definition) is 2. The SMILES string of the molecule is CC(CC(F)(F)F)NS(=O)(=O)c1ccc(CNC2CC2)o1. The van der Waals surface area contributed by atoms with Crippen molar-refractivity contribution in [1.82, 2.24) is 10.0 Å². The van der Waals surface area contributed by atoms with Gasteiger partial charge in [-0.1, -0.05) is 0 Å². The molecule has 1 atom stereocenters. The molecule has 0 spiro atoms. The van der Waals surface area contributed by atoms with Crippen LogP contribution in [-0.4, -0.2) is 26.7 Å². The van der Waals surface area contributed by atoms with Gasteiger partial charge in [0.15, 0.2) is 0 Å². The Morgan fingerprint density at radius 2 is 2.05 bits per heavy atom. The Bertz CT molecular complexity index is 579. The van der Waals surface area contributed by atoms with Crippen molar-refractivity contribution in [2.24, 2.45) is 0 Å². The third-order valence-electron chi connectivity index (χ3n) is 2.94. The summed E-state index contributed by atoms with van der Waals surface area (Å²) in [5.41, 5.74) is 0. The first-order chi connectivity index (χ1) is 9.66. The molecule has 21 heavy (non-hydrogen) atoms. The molecular weight excluding hydrogens is 309 g/mol. The van der Waals surface area contributed by atoms with Gasteiger partial charge in [-0.25, -0.2) is 13.1 Å². The molecule has 1 heterocycles. The molecule has 9 heteroatoms. The Labute approximate surface area is 120 Å². The van der Waals surface area contributed by atoms with Crippen molar-refractivity contribution in [2.45, 2.75) is 56.1 Å². The van der Waals surface area contributed by atoms with Gasteiger partial charge in [0, 0.05) is 12.1 Å². The van der Waals surface area contributed by atoms with Crippen molar-refractivity contribution in [3.05, 3.63) is 17.9 Å². The van der Waals surface area contributed by atoms with Gasteiger partial charge in [-0.2, -0.15) is 13.2 Å². The third-order valence-corrected chi connectivity index (χ3v) is 4.40. The van der Waals surface area contributed by atoms with Crippen molar-refractivity contribution >= 4 is 10.0 Å². The maximum absolute atomic E-state index is 12.2. The fourth-order valence-electron chi connectivity index (χ4n) is 1.84. The van der Waals surface area contributed by atoms with Gasteiger partial charge in [-0.05, 0) is 31.9 Å². The maximum Gasteiger partial charge on any atom is 0.390 e. The lowest BCUT2D eigenvalue weighted by Crippen LogP contribution is -2.35. The van der Waals surface area contributed by atoms with Crippen molar-refractivity contribution in [1.29, 1.82) is 0 Å². The van der Waals surface area contributed by atoms with Crippen LogP contribution in [0.4, 0.5) is 13.2 Å². The first-order valence-electron chi connectivity index (χ1n) is 6.57. The predicted octanol–water partition coefficient (Wildman–Crippen LogP) is 2.15. The minimum atomic E-state index is -4.43. The van der Waals surface area contributed by atoms with E-state index in [2.05, 4.69) is 5.32 Å². The van der Waals surface area contributed by atoms with Crippen LogP contribution in [0.2, 0.25) is 0 Å².